The third-order valence-corrected chi connectivity index (χ3v) is 14.1. The molecule has 2 aliphatic heterocycles. The average molecular weight is 991 g/mol. The summed E-state index contributed by atoms with van der Waals surface area (Å²) in [6.45, 7) is 10.0. The van der Waals surface area contributed by atoms with Crippen LogP contribution in [0.1, 0.15) is 94.8 Å². The number of carbonyl (C=O) groups is 8. The largest absolute Gasteiger partial charge is 0.447 e. The molecule has 2 rings (SSSR count). The molecule has 0 radical (unpaired) electrons. The molecule has 0 aliphatic carbocycles. The van der Waals surface area contributed by atoms with E-state index in [0.717, 1.165) is 38.5 Å². The van der Waals surface area contributed by atoms with Gasteiger partial charge in [0, 0.05) is 95.1 Å². The smallest absolute Gasteiger partial charge is 0.407 e. The molecule has 2 saturated heterocycles. The van der Waals surface area contributed by atoms with E-state index in [9.17, 15) is 38.4 Å². The molecule has 0 bridgehead atoms. The number of amides is 8. The van der Waals surface area contributed by atoms with Gasteiger partial charge in [0.15, 0.2) is 0 Å². The fourth-order valence-electron chi connectivity index (χ4n) is 4.88. The standard InChI is InChI=1S/C32H60N6O10.2C4H7NOS2.2H2/c1-5-7-9-15-33-27(39)13-19-37(29(41)11-17-35-31(43)47-25-23-45-3)21-22-38(20-14-28(40)34-16-10-8-6-2)30(42)12-18-36-32(44)48-26-24-46-4;2*1-2(3(5)6)4-7-8-4;;/h5-26H2,1-4H3,(H,33,39)(H,34,40)(H,35,43)(H,36,44);2*2,4H,1H3,(H2,5,6);2*1H/t;2*2-;;/m.00../s1. The molecule has 0 aromatic carbocycles. The van der Waals surface area contributed by atoms with Crippen LogP contribution < -0.4 is 32.7 Å². The predicted octanol–water partition coefficient (Wildman–Crippen LogP) is 3.71. The van der Waals surface area contributed by atoms with E-state index in [1.807, 2.05) is 13.8 Å². The lowest BCUT2D eigenvalue weighted by atomic mass is 10.2. The minimum absolute atomic E-state index is 0. The topological polar surface area (TPSA) is 280 Å². The number of nitrogens with zero attached hydrogens (tertiary/aromatic N) is 2. The molecule has 2 fully saturated rings. The number of unbranched alkanes of at least 4 members (excludes halogenated alkanes) is 4. The lowest BCUT2D eigenvalue weighted by molar-refractivity contribution is -0.136. The van der Waals surface area contributed by atoms with Crippen molar-refractivity contribution in [1.82, 2.24) is 31.1 Å². The summed E-state index contributed by atoms with van der Waals surface area (Å²) in [5, 5.41) is 10.8. The van der Waals surface area contributed by atoms with Gasteiger partial charge in [-0.1, -0.05) is 96.6 Å². The summed E-state index contributed by atoms with van der Waals surface area (Å²) >= 11 is 0. The van der Waals surface area contributed by atoms with Crippen LogP contribution in [0, 0.1) is 11.8 Å². The summed E-state index contributed by atoms with van der Waals surface area (Å²) in [5.74, 6) is -1.32. The van der Waals surface area contributed by atoms with Crippen molar-refractivity contribution in [2.75, 3.05) is 93.0 Å². The lowest BCUT2D eigenvalue weighted by Crippen LogP contribution is -2.44. The van der Waals surface area contributed by atoms with E-state index in [4.69, 9.17) is 30.4 Å². The zero-order valence-corrected chi connectivity index (χ0v) is 41.7. The van der Waals surface area contributed by atoms with Crippen molar-refractivity contribution in [1.29, 1.82) is 0 Å². The molecule has 0 spiro atoms. The van der Waals surface area contributed by atoms with E-state index in [1.165, 1.54) is 24.0 Å². The second-order valence-corrected chi connectivity index (χ2v) is 20.2. The van der Waals surface area contributed by atoms with E-state index >= 15 is 0 Å². The summed E-state index contributed by atoms with van der Waals surface area (Å²) < 4.78 is 20.5. The summed E-state index contributed by atoms with van der Waals surface area (Å²) in [6, 6.07) is 0. The maximum Gasteiger partial charge on any atom is 0.407 e. The highest BCUT2D eigenvalue weighted by Crippen LogP contribution is 2.57. The van der Waals surface area contributed by atoms with Crippen LogP contribution in [-0.2, 0) is 47.7 Å². The third kappa shape index (κ3) is 34.1. The molecule has 24 heteroatoms. The number of nitrogens with one attached hydrogen (secondary N) is 4. The zero-order valence-electron chi connectivity index (χ0n) is 38.4. The number of carbonyl (C=O) groups excluding carboxylic acids is 8. The SMILES string of the molecule is CCCCCNC(=O)CCN(CCN(CCC(=O)NCCCCC)C(=O)CCNC(=O)OCCOC)C(=O)CCNC(=O)OCCOC.C[C@@H](C(N)=O)C1SS1.C[C@@H](C(N)=O)C1SS1.[HH].[HH]. The molecule has 374 valence electrons. The van der Waals surface area contributed by atoms with Crippen LogP contribution in [-0.4, -0.2) is 160 Å². The molecule has 0 aromatic rings. The fraction of sp³-hybridized carbons (Fsp3) is 0.800. The summed E-state index contributed by atoms with van der Waals surface area (Å²) in [5.41, 5.74) is 10.0. The number of hydrogen-bond acceptors (Lipinski definition) is 16. The molecule has 0 aromatic heterocycles. The van der Waals surface area contributed by atoms with Gasteiger partial charge >= 0.3 is 12.2 Å². The van der Waals surface area contributed by atoms with Crippen molar-refractivity contribution in [3.63, 3.8) is 0 Å². The van der Waals surface area contributed by atoms with Crippen molar-refractivity contribution in [3.8, 4) is 0 Å². The Morgan fingerprint density at radius 1 is 0.531 bits per heavy atom. The molecule has 20 nitrogen and oxygen atoms in total. The van der Waals surface area contributed by atoms with E-state index in [1.54, 1.807) is 43.2 Å². The molecular weight excluding hydrogens is 913 g/mol. The second kappa shape index (κ2) is 38.9. The molecular formula is C40H78N8O12S4. The maximum atomic E-state index is 13.2. The first kappa shape index (κ1) is 60.7. The van der Waals surface area contributed by atoms with Crippen molar-refractivity contribution >= 4 is 90.8 Å². The van der Waals surface area contributed by atoms with Gasteiger partial charge in [0.1, 0.15) is 13.2 Å². The Balaban J connectivity index is -0.00000182. The third-order valence-electron chi connectivity index (χ3n) is 9.15. The molecule has 64 heavy (non-hydrogen) atoms. The Morgan fingerprint density at radius 2 is 0.891 bits per heavy atom. The highest BCUT2D eigenvalue weighted by atomic mass is 33.2. The number of nitrogens with two attached hydrogens (primary N) is 2. The van der Waals surface area contributed by atoms with Gasteiger partial charge in [-0.15, -0.1) is 0 Å². The van der Waals surface area contributed by atoms with E-state index in [-0.39, 0.29) is 142 Å². The fourth-order valence-corrected chi connectivity index (χ4v) is 8.60. The molecule has 2 heterocycles. The molecule has 0 unspecified atom stereocenters. The van der Waals surface area contributed by atoms with Gasteiger partial charge < -0.3 is 61.5 Å². The van der Waals surface area contributed by atoms with Gasteiger partial charge in [0.2, 0.25) is 35.4 Å². The Labute approximate surface area is 397 Å². The van der Waals surface area contributed by atoms with Crippen LogP contribution >= 0.6 is 43.2 Å². The molecule has 0 saturated carbocycles. The van der Waals surface area contributed by atoms with Crippen LogP contribution in [0.15, 0.2) is 0 Å². The summed E-state index contributed by atoms with van der Waals surface area (Å²) in [7, 11) is 9.85. The Hall–Kier alpha value is -3.32. The van der Waals surface area contributed by atoms with Crippen LogP contribution in [0.3, 0.4) is 0 Å². The molecule has 2 aliphatic rings. The van der Waals surface area contributed by atoms with Crippen LogP contribution in [0.2, 0.25) is 0 Å². The average Bonchev–Trinajstić information content (AvgIpc) is 4.20. The molecule has 8 amide bonds. The van der Waals surface area contributed by atoms with Crippen molar-refractivity contribution in [2.45, 2.75) is 101 Å². The number of methoxy groups -OCH3 is 2. The van der Waals surface area contributed by atoms with Crippen LogP contribution in [0.5, 0.6) is 0 Å². The first-order valence-electron chi connectivity index (χ1n) is 21.7. The number of alkyl carbamates (subject to hydrolysis) is 2. The van der Waals surface area contributed by atoms with E-state index in [2.05, 4.69) is 35.1 Å². The van der Waals surface area contributed by atoms with Crippen LogP contribution in [0.25, 0.3) is 0 Å². The normalized spacial score (nSPS) is 13.5. The summed E-state index contributed by atoms with van der Waals surface area (Å²) in [6.07, 6.45) is 4.42. The van der Waals surface area contributed by atoms with Crippen molar-refractivity contribution in [2.24, 2.45) is 23.3 Å². The predicted molar refractivity (Wildman–Crippen MR) is 258 cm³/mol. The Bertz CT molecular complexity index is 1300. The Morgan fingerprint density at radius 3 is 1.17 bits per heavy atom. The van der Waals surface area contributed by atoms with Gasteiger partial charge in [0.25, 0.3) is 0 Å². The van der Waals surface area contributed by atoms with Crippen molar-refractivity contribution in [3.05, 3.63) is 0 Å². The first-order valence-corrected chi connectivity index (χ1v) is 26.3. The maximum absolute atomic E-state index is 13.2. The number of hydrogen-bond donors (Lipinski definition) is 6. The first-order chi connectivity index (χ1) is 30.6. The van der Waals surface area contributed by atoms with Gasteiger partial charge in [-0.05, 0) is 12.8 Å². The minimum Gasteiger partial charge on any atom is -0.447 e. The highest BCUT2D eigenvalue weighted by Gasteiger charge is 2.34. The zero-order chi connectivity index (χ0) is 48.1. The van der Waals surface area contributed by atoms with E-state index in [0.29, 0.717) is 22.3 Å². The van der Waals surface area contributed by atoms with Crippen LogP contribution in [0.4, 0.5) is 9.59 Å². The van der Waals surface area contributed by atoms with Gasteiger partial charge in [-0.25, -0.2) is 9.59 Å². The Kier molecular flexibility index (Phi) is 36.9. The van der Waals surface area contributed by atoms with Crippen molar-refractivity contribution < 1.29 is 60.2 Å². The number of rotatable bonds is 33. The monoisotopic (exact) mass is 990 g/mol. The number of primary amides is 2. The molecule has 8 N–H and O–H groups in total. The van der Waals surface area contributed by atoms with Gasteiger partial charge in [-0.2, -0.15) is 0 Å². The van der Waals surface area contributed by atoms with E-state index < -0.39 is 12.2 Å². The quantitative estimate of drug-likeness (QED) is 0.0311. The van der Waals surface area contributed by atoms with Gasteiger partial charge in [-0.3, -0.25) is 28.8 Å². The highest BCUT2D eigenvalue weighted by molar-refractivity contribution is 8.93. The summed E-state index contributed by atoms with van der Waals surface area (Å²) in [4.78, 5) is 98.8. The molecule has 2 atom stereocenters. The lowest BCUT2D eigenvalue weighted by Gasteiger charge is -2.28. The number of ether oxygens (including phenoxy) is 4. The van der Waals surface area contributed by atoms with Gasteiger partial charge in [0.05, 0.1) is 34.2 Å². The second-order valence-electron chi connectivity index (χ2n) is 14.5. The minimum atomic E-state index is -0.682.